The maximum absolute atomic E-state index is 12.7. The summed E-state index contributed by atoms with van der Waals surface area (Å²) in [6.07, 6.45) is 3.43. The Morgan fingerprint density at radius 3 is 2.53 bits per heavy atom. The number of carbonyl (C=O) groups excluding carboxylic acids is 1. The number of rotatable bonds is 10. The van der Waals surface area contributed by atoms with Crippen LogP contribution in [0.2, 0.25) is 0 Å². The number of carbonyl (C=O) groups is 1. The molecule has 0 atom stereocenters. The number of amides is 1. The van der Waals surface area contributed by atoms with Crippen molar-refractivity contribution in [3.05, 3.63) is 53.8 Å². The molecular formula is C29H36N2O5. The highest BCUT2D eigenvalue weighted by molar-refractivity contribution is 6.01. The van der Waals surface area contributed by atoms with E-state index in [1.165, 1.54) is 0 Å². The highest BCUT2D eigenvalue weighted by atomic mass is 16.5. The largest absolute Gasteiger partial charge is 0.494 e. The van der Waals surface area contributed by atoms with Gasteiger partial charge < -0.3 is 23.9 Å². The van der Waals surface area contributed by atoms with E-state index in [2.05, 4.69) is 16.3 Å². The molecule has 1 saturated heterocycles. The molecule has 1 fully saturated rings. The van der Waals surface area contributed by atoms with E-state index in [1.807, 2.05) is 52.0 Å². The lowest BCUT2D eigenvalue weighted by Crippen LogP contribution is -2.41. The number of nitrogens with zero attached hydrogens (tertiary/aromatic N) is 1. The Labute approximate surface area is 213 Å². The van der Waals surface area contributed by atoms with E-state index in [1.54, 1.807) is 12.3 Å². The lowest BCUT2D eigenvalue weighted by Gasteiger charge is -2.26. The Balaban J connectivity index is 1.60. The number of fused-ring (bicyclic) bond motifs is 1. The van der Waals surface area contributed by atoms with Gasteiger partial charge in [0.1, 0.15) is 17.1 Å². The first-order valence-electron chi connectivity index (χ1n) is 12.7. The van der Waals surface area contributed by atoms with Gasteiger partial charge in [-0.1, -0.05) is 12.1 Å². The third kappa shape index (κ3) is 5.91. The Kier molecular flexibility index (Phi) is 8.67. The Bertz CT molecular complexity index is 1210. The van der Waals surface area contributed by atoms with Crippen LogP contribution in [-0.2, 0) is 9.53 Å². The molecule has 2 heterocycles. The Morgan fingerprint density at radius 2 is 1.83 bits per heavy atom. The van der Waals surface area contributed by atoms with Crippen LogP contribution in [0.3, 0.4) is 0 Å². The Morgan fingerprint density at radius 1 is 1.11 bits per heavy atom. The van der Waals surface area contributed by atoms with Crippen molar-refractivity contribution >= 4 is 22.4 Å². The molecular weight excluding hydrogens is 456 g/mol. The molecule has 7 heteroatoms. The number of nitrogens with one attached hydrogen (secondary N) is 1. The summed E-state index contributed by atoms with van der Waals surface area (Å²) in [5.41, 5.74) is 5.46. The van der Waals surface area contributed by atoms with Crippen molar-refractivity contribution in [1.29, 1.82) is 0 Å². The number of allylic oxidation sites excluding steroid dienone is 1. The van der Waals surface area contributed by atoms with Gasteiger partial charge in [-0.3, -0.25) is 9.69 Å². The van der Waals surface area contributed by atoms with E-state index >= 15 is 0 Å². The van der Waals surface area contributed by atoms with Crippen LogP contribution in [0.25, 0.3) is 27.7 Å². The highest BCUT2D eigenvalue weighted by Gasteiger charge is 2.19. The summed E-state index contributed by atoms with van der Waals surface area (Å²) in [6, 6.07) is 10.1. The van der Waals surface area contributed by atoms with Crippen LogP contribution in [0.4, 0.5) is 0 Å². The van der Waals surface area contributed by atoms with Crippen LogP contribution in [-0.4, -0.2) is 63.4 Å². The van der Waals surface area contributed by atoms with Gasteiger partial charge in [0.05, 0.1) is 32.7 Å². The average Bonchev–Trinajstić information content (AvgIpc) is 3.31. The number of hydrogen-bond donors (Lipinski definition) is 1. The predicted octanol–water partition coefficient (Wildman–Crippen LogP) is 5.06. The third-order valence-electron chi connectivity index (χ3n) is 6.41. The molecule has 7 nitrogen and oxygen atoms in total. The summed E-state index contributed by atoms with van der Waals surface area (Å²) in [4.78, 5) is 15.0. The smallest absolute Gasteiger partial charge is 0.244 e. The summed E-state index contributed by atoms with van der Waals surface area (Å²) in [7, 11) is 0. The summed E-state index contributed by atoms with van der Waals surface area (Å²) < 4.78 is 23.0. The second-order valence-corrected chi connectivity index (χ2v) is 8.87. The minimum Gasteiger partial charge on any atom is -0.494 e. The zero-order valence-corrected chi connectivity index (χ0v) is 21.7. The summed E-state index contributed by atoms with van der Waals surface area (Å²) in [5.74, 6) is 1.47. The first kappa shape index (κ1) is 25.8. The average molecular weight is 493 g/mol. The second-order valence-electron chi connectivity index (χ2n) is 8.87. The van der Waals surface area contributed by atoms with Crippen molar-refractivity contribution in [2.75, 3.05) is 52.6 Å². The maximum atomic E-state index is 12.7. The molecule has 1 aliphatic heterocycles. The minimum atomic E-state index is -0.111. The van der Waals surface area contributed by atoms with E-state index in [0.717, 1.165) is 83.1 Å². The van der Waals surface area contributed by atoms with Crippen molar-refractivity contribution in [2.45, 2.75) is 27.7 Å². The maximum Gasteiger partial charge on any atom is 0.244 e. The molecule has 0 aliphatic carbocycles. The monoisotopic (exact) mass is 492 g/mol. The molecule has 0 saturated carbocycles. The fourth-order valence-electron chi connectivity index (χ4n) is 4.55. The number of benzene rings is 2. The van der Waals surface area contributed by atoms with E-state index in [-0.39, 0.29) is 5.91 Å². The molecule has 4 rings (SSSR count). The predicted molar refractivity (Wildman–Crippen MR) is 143 cm³/mol. The van der Waals surface area contributed by atoms with Crippen LogP contribution in [0, 0.1) is 6.92 Å². The molecule has 36 heavy (non-hydrogen) atoms. The molecule has 3 aromatic rings. The zero-order valence-electron chi connectivity index (χ0n) is 21.7. The van der Waals surface area contributed by atoms with Gasteiger partial charge in [-0.05, 0) is 57.0 Å². The highest BCUT2D eigenvalue weighted by Crippen LogP contribution is 2.41. The first-order valence-corrected chi connectivity index (χ1v) is 12.7. The second kappa shape index (κ2) is 12.1. The van der Waals surface area contributed by atoms with Gasteiger partial charge in [0.2, 0.25) is 5.91 Å². The summed E-state index contributed by atoms with van der Waals surface area (Å²) in [5, 5.41) is 3.99. The quantitative estimate of drug-likeness (QED) is 0.399. The number of furan rings is 1. The SMILES string of the molecule is CCOc1ccc(-c2coc3c(C)c(OCC)c(/C(C)=C/C(=O)NCCN4CCOCC4)cc23)cc1. The fraction of sp³-hybridized carbons (Fsp3) is 0.414. The van der Waals surface area contributed by atoms with Crippen LogP contribution < -0.4 is 14.8 Å². The molecule has 1 N–H and O–H groups in total. The lowest BCUT2D eigenvalue weighted by molar-refractivity contribution is -0.116. The molecule has 0 unspecified atom stereocenters. The minimum absolute atomic E-state index is 0.111. The molecule has 2 aromatic carbocycles. The van der Waals surface area contributed by atoms with Crippen LogP contribution >= 0.6 is 0 Å². The van der Waals surface area contributed by atoms with Gasteiger partial charge in [0.15, 0.2) is 0 Å². The van der Waals surface area contributed by atoms with Gasteiger partial charge in [-0.2, -0.15) is 0 Å². The van der Waals surface area contributed by atoms with E-state index in [9.17, 15) is 4.79 Å². The number of aryl methyl sites for hydroxylation is 1. The van der Waals surface area contributed by atoms with Gasteiger partial charge >= 0.3 is 0 Å². The summed E-state index contributed by atoms with van der Waals surface area (Å²) >= 11 is 0. The van der Waals surface area contributed by atoms with Crippen LogP contribution in [0.1, 0.15) is 31.9 Å². The molecule has 0 bridgehead atoms. The molecule has 1 aliphatic rings. The van der Waals surface area contributed by atoms with Gasteiger partial charge in [0.25, 0.3) is 0 Å². The normalized spacial score (nSPS) is 14.7. The molecule has 1 amide bonds. The van der Waals surface area contributed by atoms with Crippen molar-refractivity contribution in [3.63, 3.8) is 0 Å². The lowest BCUT2D eigenvalue weighted by atomic mass is 9.96. The van der Waals surface area contributed by atoms with E-state index in [4.69, 9.17) is 18.6 Å². The van der Waals surface area contributed by atoms with Gasteiger partial charge in [0, 0.05) is 54.3 Å². The molecule has 1 aromatic heterocycles. The number of hydrogen-bond acceptors (Lipinski definition) is 6. The molecule has 0 radical (unpaired) electrons. The number of morpholine rings is 1. The topological polar surface area (TPSA) is 73.2 Å². The van der Waals surface area contributed by atoms with Crippen molar-refractivity contribution in [3.8, 4) is 22.6 Å². The van der Waals surface area contributed by atoms with E-state index < -0.39 is 0 Å². The van der Waals surface area contributed by atoms with Crippen LogP contribution in [0.5, 0.6) is 11.5 Å². The number of ether oxygens (including phenoxy) is 3. The van der Waals surface area contributed by atoms with E-state index in [0.29, 0.717) is 19.8 Å². The van der Waals surface area contributed by atoms with Crippen LogP contribution in [0.15, 0.2) is 47.1 Å². The van der Waals surface area contributed by atoms with Crippen molar-refractivity contribution in [1.82, 2.24) is 10.2 Å². The van der Waals surface area contributed by atoms with Crippen molar-refractivity contribution < 1.29 is 23.4 Å². The first-order chi connectivity index (χ1) is 17.5. The van der Waals surface area contributed by atoms with Gasteiger partial charge in [-0.15, -0.1) is 0 Å². The zero-order chi connectivity index (χ0) is 25.5. The van der Waals surface area contributed by atoms with Gasteiger partial charge in [-0.25, -0.2) is 0 Å². The Hall–Kier alpha value is -3.29. The van der Waals surface area contributed by atoms with Crippen molar-refractivity contribution in [2.24, 2.45) is 0 Å². The fourth-order valence-corrected chi connectivity index (χ4v) is 4.55. The molecule has 0 spiro atoms. The molecule has 192 valence electrons. The standard InChI is InChI=1S/C29H36N2O5/c1-5-34-23-9-7-22(8-10-23)26-19-36-29-21(4)28(35-6-2)24(18-25(26)29)20(3)17-27(32)30-11-12-31-13-15-33-16-14-31/h7-10,17-19H,5-6,11-16H2,1-4H3,(H,30,32)/b20-17+. The summed E-state index contributed by atoms with van der Waals surface area (Å²) in [6.45, 7) is 13.7. The third-order valence-corrected chi connectivity index (χ3v) is 6.41.